The second-order valence-electron chi connectivity index (χ2n) is 3.42. The molecule has 2 atom stereocenters. The Balaban J connectivity index is 2.82. The molecule has 18 heavy (non-hydrogen) atoms. The van der Waals surface area contributed by atoms with Crippen molar-refractivity contribution in [2.75, 3.05) is 12.9 Å². The third-order valence-corrected chi connectivity index (χ3v) is 3.18. The number of aromatic nitrogens is 2. The monoisotopic (exact) mass is 292 g/mol. The van der Waals surface area contributed by atoms with Gasteiger partial charge in [0.2, 0.25) is 11.2 Å². The van der Waals surface area contributed by atoms with Gasteiger partial charge in [0.1, 0.15) is 6.10 Å². The topological polar surface area (TPSA) is 92.5 Å². The molecule has 0 aliphatic heterocycles. The summed E-state index contributed by atoms with van der Waals surface area (Å²) < 4.78 is 4.94. The number of carbonyl (C=O) groups is 1. The van der Waals surface area contributed by atoms with Gasteiger partial charge in [-0.05, 0) is 11.6 Å². The highest BCUT2D eigenvalue weighted by atomic mass is 35.5. The molecule has 1 aromatic rings. The zero-order valence-corrected chi connectivity index (χ0v) is 11.4. The normalized spacial score (nSPS) is 14.1. The molecule has 0 spiro atoms. The number of hydrogen-bond donors (Lipinski definition) is 2. The van der Waals surface area contributed by atoms with Gasteiger partial charge in [0, 0.05) is 18.9 Å². The molecule has 1 aromatic heterocycles. The molecule has 0 saturated carbocycles. The second-order valence-corrected chi connectivity index (χ2v) is 4.95. The lowest BCUT2D eigenvalue weighted by atomic mass is 10.1. The number of methoxy groups -OCH3 is 1. The van der Waals surface area contributed by atoms with Crippen LogP contribution in [0.2, 0.25) is 5.28 Å². The molecular formula is C10H13ClN2O4S. The smallest absolute Gasteiger partial charge is 0.225 e. The zero-order valence-electron chi connectivity index (χ0n) is 9.83. The Kier molecular flexibility index (Phi) is 5.80. The van der Waals surface area contributed by atoms with Gasteiger partial charge in [0.05, 0.1) is 18.8 Å². The Labute approximate surface area is 113 Å². The van der Waals surface area contributed by atoms with Crippen molar-refractivity contribution >= 4 is 28.5 Å². The fourth-order valence-corrected chi connectivity index (χ4v) is 1.94. The number of hydrogen-bond acceptors (Lipinski definition) is 7. The molecule has 0 aromatic carbocycles. The predicted molar refractivity (Wildman–Crippen MR) is 67.7 cm³/mol. The van der Waals surface area contributed by atoms with Crippen LogP contribution < -0.4 is 4.74 Å². The summed E-state index contributed by atoms with van der Waals surface area (Å²) in [7, 11) is 1.37. The Bertz CT molecular complexity index is 432. The summed E-state index contributed by atoms with van der Waals surface area (Å²) in [6.07, 6.45) is -1.10. The van der Waals surface area contributed by atoms with Crippen LogP contribution in [0.25, 0.3) is 0 Å². The first-order valence-corrected chi connectivity index (χ1v) is 6.38. The number of carbonyl (C=O) groups excluding carboxylic acids is 1. The highest BCUT2D eigenvalue weighted by Gasteiger charge is 2.24. The quantitative estimate of drug-likeness (QED) is 0.776. The van der Waals surface area contributed by atoms with E-state index in [9.17, 15) is 15.0 Å². The predicted octanol–water partition coefficient (Wildman–Crippen LogP) is 0.813. The Morgan fingerprint density at radius 3 is 2.83 bits per heavy atom. The van der Waals surface area contributed by atoms with Crippen molar-refractivity contribution < 1.29 is 19.7 Å². The number of rotatable bonds is 5. The van der Waals surface area contributed by atoms with Crippen molar-refractivity contribution in [2.45, 2.75) is 19.1 Å². The van der Waals surface area contributed by atoms with Crippen LogP contribution in [0.15, 0.2) is 6.20 Å². The summed E-state index contributed by atoms with van der Waals surface area (Å²) in [6, 6.07) is 0. The summed E-state index contributed by atoms with van der Waals surface area (Å²) in [5.41, 5.74) is 0.221. The van der Waals surface area contributed by atoms with Crippen LogP contribution in [0.3, 0.4) is 0 Å². The first-order chi connectivity index (χ1) is 8.45. The van der Waals surface area contributed by atoms with Crippen molar-refractivity contribution in [3.05, 3.63) is 17.0 Å². The van der Waals surface area contributed by atoms with Gasteiger partial charge in [-0.2, -0.15) is 4.98 Å². The third-order valence-electron chi connectivity index (χ3n) is 2.08. The van der Waals surface area contributed by atoms with E-state index in [1.807, 2.05) is 0 Å². The lowest BCUT2D eigenvalue weighted by Gasteiger charge is -2.18. The van der Waals surface area contributed by atoms with E-state index in [2.05, 4.69) is 9.97 Å². The summed E-state index contributed by atoms with van der Waals surface area (Å²) >= 11 is 6.51. The van der Waals surface area contributed by atoms with Gasteiger partial charge in [-0.3, -0.25) is 4.79 Å². The molecule has 1 heterocycles. The number of aliphatic hydroxyl groups is 2. The van der Waals surface area contributed by atoms with Crippen molar-refractivity contribution in [1.29, 1.82) is 0 Å². The van der Waals surface area contributed by atoms with Gasteiger partial charge in [-0.25, -0.2) is 4.98 Å². The molecule has 0 aliphatic carbocycles. The minimum Gasteiger partial charge on any atom is -0.481 e. The van der Waals surface area contributed by atoms with Crippen molar-refractivity contribution in [2.24, 2.45) is 0 Å². The summed E-state index contributed by atoms with van der Waals surface area (Å²) in [4.78, 5) is 18.3. The van der Waals surface area contributed by atoms with E-state index in [-0.39, 0.29) is 27.6 Å². The Morgan fingerprint density at radius 2 is 2.28 bits per heavy atom. The average molecular weight is 293 g/mol. The molecule has 0 amide bonds. The molecule has 0 aliphatic rings. The molecule has 6 nitrogen and oxygen atoms in total. The molecular weight excluding hydrogens is 280 g/mol. The lowest BCUT2D eigenvalue weighted by Crippen LogP contribution is -2.22. The molecule has 0 saturated heterocycles. The third kappa shape index (κ3) is 4.09. The van der Waals surface area contributed by atoms with Gasteiger partial charge in [0.25, 0.3) is 0 Å². The molecule has 2 N–H and O–H groups in total. The van der Waals surface area contributed by atoms with E-state index in [0.717, 1.165) is 11.8 Å². The zero-order chi connectivity index (χ0) is 13.7. The average Bonchev–Trinajstić information content (AvgIpc) is 2.34. The molecule has 100 valence electrons. The van der Waals surface area contributed by atoms with Gasteiger partial charge in [-0.15, -0.1) is 0 Å². The van der Waals surface area contributed by atoms with Crippen molar-refractivity contribution in [1.82, 2.24) is 9.97 Å². The minimum atomic E-state index is -1.25. The maximum atomic E-state index is 10.8. The standard InChI is InChI=1S/C10H13ClN2O4S/c1-5(14)18-4-7(15)8(16)6-3-12-10(11)13-9(6)17-2/h3,7-8,15-16H,4H2,1-2H3. The first kappa shape index (κ1) is 15.2. The summed E-state index contributed by atoms with van der Waals surface area (Å²) in [5.74, 6) is 0.164. The molecule has 2 unspecified atom stereocenters. The van der Waals surface area contributed by atoms with E-state index in [1.54, 1.807) is 0 Å². The molecule has 0 radical (unpaired) electrons. The van der Waals surface area contributed by atoms with E-state index in [4.69, 9.17) is 16.3 Å². The highest BCUT2D eigenvalue weighted by Crippen LogP contribution is 2.27. The number of nitrogens with zero attached hydrogens (tertiary/aromatic N) is 2. The fraction of sp³-hybridized carbons (Fsp3) is 0.500. The van der Waals surface area contributed by atoms with E-state index < -0.39 is 12.2 Å². The maximum absolute atomic E-state index is 10.8. The van der Waals surface area contributed by atoms with Crippen LogP contribution in [0.4, 0.5) is 0 Å². The first-order valence-electron chi connectivity index (χ1n) is 5.01. The Morgan fingerprint density at radius 1 is 1.61 bits per heavy atom. The van der Waals surface area contributed by atoms with Gasteiger partial charge in [0.15, 0.2) is 5.12 Å². The van der Waals surface area contributed by atoms with Crippen molar-refractivity contribution in [3.8, 4) is 5.88 Å². The minimum absolute atomic E-state index is 0.0181. The van der Waals surface area contributed by atoms with Crippen LogP contribution in [0, 0.1) is 0 Å². The highest BCUT2D eigenvalue weighted by molar-refractivity contribution is 8.13. The Hall–Kier alpha value is -0.890. The number of halogens is 1. The van der Waals surface area contributed by atoms with Gasteiger partial charge in [-0.1, -0.05) is 11.8 Å². The van der Waals surface area contributed by atoms with Gasteiger partial charge >= 0.3 is 0 Å². The molecule has 8 heteroatoms. The van der Waals surface area contributed by atoms with Crippen LogP contribution in [-0.2, 0) is 4.79 Å². The molecule has 0 bridgehead atoms. The number of thioether (sulfide) groups is 1. The maximum Gasteiger partial charge on any atom is 0.225 e. The molecule has 1 rings (SSSR count). The molecule has 0 fully saturated rings. The SMILES string of the molecule is COc1nc(Cl)ncc1C(O)C(O)CSC(C)=O. The van der Waals surface area contributed by atoms with E-state index >= 15 is 0 Å². The van der Waals surface area contributed by atoms with Crippen LogP contribution >= 0.6 is 23.4 Å². The second kappa shape index (κ2) is 6.89. The number of aliphatic hydroxyl groups excluding tert-OH is 2. The van der Waals surface area contributed by atoms with E-state index in [1.165, 1.54) is 20.2 Å². The van der Waals surface area contributed by atoms with Gasteiger partial charge < -0.3 is 14.9 Å². The van der Waals surface area contributed by atoms with E-state index in [0.29, 0.717) is 0 Å². The van der Waals surface area contributed by atoms with Crippen LogP contribution in [0.1, 0.15) is 18.6 Å². The fourth-order valence-electron chi connectivity index (χ4n) is 1.22. The summed E-state index contributed by atoms with van der Waals surface area (Å²) in [5, 5.41) is 19.5. The lowest BCUT2D eigenvalue weighted by molar-refractivity contribution is -0.109. The number of ether oxygens (including phenoxy) is 1. The summed E-state index contributed by atoms with van der Waals surface area (Å²) in [6.45, 7) is 1.38. The van der Waals surface area contributed by atoms with Crippen LogP contribution in [-0.4, -0.2) is 44.3 Å². The van der Waals surface area contributed by atoms with Crippen molar-refractivity contribution in [3.63, 3.8) is 0 Å². The van der Waals surface area contributed by atoms with Crippen LogP contribution in [0.5, 0.6) is 5.88 Å². The largest absolute Gasteiger partial charge is 0.481 e.